The molecule has 0 fully saturated rings. The summed E-state index contributed by atoms with van der Waals surface area (Å²) in [7, 11) is 0. The Morgan fingerprint density at radius 2 is 1.42 bits per heavy atom. The van der Waals surface area contributed by atoms with Crippen molar-refractivity contribution in [3.8, 4) is 0 Å². The molecule has 0 heterocycles. The van der Waals surface area contributed by atoms with Gasteiger partial charge in [0.15, 0.2) is 0 Å². The van der Waals surface area contributed by atoms with Crippen LogP contribution in [0.15, 0.2) is 0 Å². The highest BCUT2D eigenvalue weighted by atomic mass is 16.2. The number of carbonyl (C=O) groups excluding carboxylic acids is 4. The Bertz CT molecular complexity index is 479. The molecule has 0 aromatic heterocycles. The van der Waals surface area contributed by atoms with E-state index in [0.717, 1.165) is 0 Å². The molecule has 0 aliphatic heterocycles. The molecule has 0 aromatic rings. The van der Waals surface area contributed by atoms with Gasteiger partial charge >= 0.3 is 0 Å². The molecule has 0 saturated carbocycles. The minimum atomic E-state index is -0.863. The average Bonchev–Trinajstić information content (AvgIpc) is 2.47. The van der Waals surface area contributed by atoms with Crippen LogP contribution in [-0.4, -0.2) is 41.8 Å². The summed E-state index contributed by atoms with van der Waals surface area (Å²) < 4.78 is 0. The Labute approximate surface area is 143 Å². The fourth-order valence-electron chi connectivity index (χ4n) is 2.13. The fourth-order valence-corrected chi connectivity index (χ4v) is 2.13. The van der Waals surface area contributed by atoms with Crippen molar-refractivity contribution in [2.45, 2.75) is 66.1 Å². The van der Waals surface area contributed by atoms with E-state index in [9.17, 15) is 19.2 Å². The predicted molar refractivity (Wildman–Crippen MR) is 90.6 cm³/mol. The smallest absolute Gasteiger partial charge is 0.243 e. The molecule has 138 valence electrons. The molecule has 24 heavy (non-hydrogen) atoms. The highest BCUT2D eigenvalue weighted by Gasteiger charge is 2.29. The van der Waals surface area contributed by atoms with Gasteiger partial charge in [0.05, 0.1) is 0 Å². The molecule has 0 saturated heterocycles. The second-order valence-corrected chi connectivity index (χ2v) is 6.43. The SMILES string of the molecule is CC[C@H](C)[C@H](NC(C)=O)C(=O)N[C@@H](C)C(=O)N[C@H](C(N)=O)C(C)C. The highest BCUT2D eigenvalue weighted by molar-refractivity contribution is 5.93. The summed E-state index contributed by atoms with van der Waals surface area (Å²) in [6.45, 7) is 10.1. The van der Waals surface area contributed by atoms with Gasteiger partial charge in [0.2, 0.25) is 23.6 Å². The summed E-state index contributed by atoms with van der Waals surface area (Å²) >= 11 is 0. The van der Waals surface area contributed by atoms with E-state index in [-0.39, 0.29) is 17.7 Å². The first-order valence-electron chi connectivity index (χ1n) is 8.18. The number of nitrogens with two attached hydrogens (primary N) is 1. The quantitative estimate of drug-likeness (QED) is 0.457. The van der Waals surface area contributed by atoms with E-state index in [2.05, 4.69) is 16.0 Å². The predicted octanol–water partition coefficient (Wildman–Crippen LogP) is -0.332. The molecule has 4 amide bonds. The van der Waals surface area contributed by atoms with Crippen LogP contribution in [0.4, 0.5) is 0 Å². The van der Waals surface area contributed by atoms with E-state index in [0.29, 0.717) is 6.42 Å². The van der Waals surface area contributed by atoms with Crippen LogP contribution in [0.1, 0.15) is 48.0 Å². The number of primary amides is 1. The van der Waals surface area contributed by atoms with Crippen LogP contribution < -0.4 is 21.7 Å². The lowest BCUT2D eigenvalue weighted by Crippen LogP contribution is -2.57. The molecule has 0 bridgehead atoms. The van der Waals surface area contributed by atoms with Gasteiger partial charge < -0.3 is 21.7 Å². The third kappa shape index (κ3) is 6.97. The van der Waals surface area contributed by atoms with E-state index >= 15 is 0 Å². The van der Waals surface area contributed by atoms with Crippen molar-refractivity contribution < 1.29 is 19.2 Å². The van der Waals surface area contributed by atoms with E-state index in [1.54, 1.807) is 13.8 Å². The van der Waals surface area contributed by atoms with Gasteiger partial charge in [-0.2, -0.15) is 0 Å². The Morgan fingerprint density at radius 1 is 0.875 bits per heavy atom. The summed E-state index contributed by atoms with van der Waals surface area (Å²) in [5, 5.41) is 7.69. The summed E-state index contributed by atoms with van der Waals surface area (Å²) in [4.78, 5) is 47.1. The summed E-state index contributed by atoms with van der Waals surface area (Å²) in [6.07, 6.45) is 0.691. The summed E-state index contributed by atoms with van der Waals surface area (Å²) in [5.74, 6) is -2.15. The maximum absolute atomic E-state index is 12.4. The van der Waals surface area contributed by atoms with Crippen LogP contribution in [0.25, 0.3) is 0 Å². The largest absolute Gasteiger partial charge is 0.368 e. The molecular weight excluding hydrogens is 312 g/mol. The highest BCUT2D eigenvalue weighted by Crippen LogP contribution is 2.08. The molecule has 0 radical (unpaired) electrons. The van der Waals surface area contributed by atoms with Crippen molar-refractivity contribution in [1.82, 2.24) is 16.0 Å². The number of nitrogens with one attached hydrogen (secondary N) is 3. The van der Waals surface area contributed by atoms with E-state index in [4.69, 9.17) is 5.73 Å². The van der Waals surface area contributed by atoms with Gasteiger partial charge in [-0.3, -0.25) is 19.2 Å². The summed E-state index contributed by atoms with van der Waals surface area (Å²) in [5.41, 5.74) is 5.26. The monoisotopic (exact) mass is 342 g/mol. The van der Waals surface area contributed by atoms with Gasteiger partial charge in [0.25, 0.3) is 0 Å². The third-order valence-electron chi connectivity index (χ3n) is 3.88. The van der Waals surface area contributed by atoms with Gasteiger partial charge in [0.1, 0.15) is 18.1 Å². The molecule has 0 unspecified atom stereocenters. The normalized spacial score (nSPS) is 15.8. The Morgan fingerprint density at radius 3 is 1.79 bits per heavy atom. The number of hydrogen-bond acceptors (Lipinski definition) is 4. The molecule has 0 rings (SSSR count). The van der Waals surface area contributed by atoms with Crippen LogP contribution in [0.2, 0.25) is 0 Å². The first kappa shape index (κ1) is 21.9. The standard InChI is InChI=1S/C16H30N4O4/c1-7-9(4)13(19-11(6)21)16(24)18-10(5)15(23)20-12(8(2)3)14(17)22/h8-10,12-13H,7H2,1-6H3,(H2,17,22)(H,18,24)(H,19,21)(H,20,23)/t9-,10-,12-,13-/m0/s1. The Kier molecular flexibility index (Phi) is 9.02. The van der Waals surface area contributed by atoms with Gasteiger partial charge in [-0.25, -0.2) is 0 Å². The lowest BCUT2D eigenvalue weighted by Gasteiger charge is -2.26. The van der Waals surface area contributed by atoms with Crippen molar-refractivity contribution in [3.63, 3.8) is 0 Å². The number of amides is 4. The van der Waals surface area contributed by atoms with Crippen molar-refractivity contribution in [3.05, 3.63) is 0 Å². The van der Waals surface area contributed by atoms with Gasteiger partial charge in [0, 0.05) is 6.92 Å². The molecule has 8 heteroatoms. The van der Waals surface area contributed by atoms with Crippen LogP contribution in [0.3, 0.4) is 0 Å². The molecular formula is C16H30N4O4. The van der Waals surface area contributed by atoms with Crippen molar-refractivity contribution in [2.75, 3.05) is 0 Å². The van der Waals surface area contributed by atoms with Crippen LogP contribution in [0, 0.1) is 11.8 Å². The van der Waals surface area contributed by atoms with E-state index in [1.165, 1.54) is 13.8 Å². The van der Waals surface area contributed by atoms with Crippen molar-refractivity contribution >= 4 is 23.6 Å². The Hall–Kier alpha value is -2.12. The van der Waals surface area contributed by atoms with Crippen molar-refractivity contribution in [1.29, 1.82) is 0 Å². The first-order valence-corrected chi connectivity index (χ1v) is 8.18. The zero-order valence-electron chi connectivity index (χ0n) is 15.3. The fraction of sp³-hybridized carbons (Fsp3) is 0.750. The molecule has 8 nitrogen and oxygen atoms in total. The topological polar surface area (TPSA) is 130 Å². The molecule has 0 aromatic carbocycles. The van der Waals surface area contributed by atoms with Gasteiger partial charge in [-0.05, 0) is 18.8 Å². The second-order valence-electron chi connectivity index (χ2n) is 6.43. The van der Waals surface area contributed by atoms with Gasteiger partial charge in [-0.15, -0.1) is 0 Å². The molecule has 0 aliphatic carbocycles. The van der Waals surface area contributed by atoms with Crippen molar-refractivity contribution in [2.24, 2.45) is 17.6 Å². The zero-order valence-corrected chi connectivity index (χ0v) is 15.3. The molecule has 4 atom stereocenters. The average molecular weight is 342 g/mol. The number of hydrogen-bond donors (Lipinski definition) is 4. The van der Waals surface area contributed by atoms with Gasteiger partial charge in [-0.1, -0.05) is 34.1 Å². The molecule has 0 aliphatic rings. The van der Waals surface area contributed by atoms with E-state index in [1.807, 2.05) is 13.8 Å². The van der Waals surface area contributed by atoms with E-state index < -0.39 is 35.8 Å². The molecule has 0 spiro atoms. The lowest BCUT2D eigenvalue weighted by molar-refractivity contribution is -0.133. The second kappa shape index (κ2) is 9.89. The number of rotatable bonds is 9. The lowest BCUT2D eigenvalue weighted by atomic mass is 9.98. The zero-order chi connectivity index (χ0) is 19.0. The summed E-state index contributed by atoms with van der Waals surface area (Å²) in [6, 6.07) is -2.39. The van der Waals surface area contributed by atoms with Crippen LogP contribution >= 0.6 is 0 Å². The van der Waals surface area contributed by atoms with Crippen LogP contribution in [0.5, 0.6) is 0 Å². The minimum absolute atomic E-state index is 0.0850. The maximum atomic E-state index is 12.4. The Balaban J connectivity index is 4.89. The maximum Gasteiger partial charge on any atom is 0.243 e. The molecule has 5 N–H and O–H groups in total. The third-order valence-corrected chi connectivity index (χ3v) is 3.88. The first-order chi connectivity index (χ1) is 11.0. The minimum Gasteiger partial charge on any atom is -0.368 e. The van der Waals surface area contributed by atoms with Crippen LogP contribution in [-0.2, 0) is 19.2 Å². The number of carbonyl (C=O) groups is 4.